The van der Waals surface area contributed by atoms with Crippen molar-refractivity contribution in [1.29, 1.82) is 0 Å². The van der Waals surface area contributed by atoms with E-state index in [1.54, 1.807) is 0 Å². The number of fused-ring (bicyclic) bond motifs is 13. The number of para-hydroxylation sites is 1. The summed E-state index contributed by atoms with van der Waals surface area (Å²) >= 11 is 0. The van der Waals surface area contributed by atoms with Crippen LogP contribution in [0.2, 0.25) is 0 Å². The molecule has 0 bridgehead atoms. The number of furan rings is 1. The van der Waals surface area contributed by atoms with Gasteiger partial charge >= 0.3 is 0 Å². The van der Waals surface area contributed by atoms with Gasteiger partial charge in [0.05, 0.1) is 11.4 Å². The molecular weight excluding hydrogens is 631 g/mol. The lowest BCUT2D eigenvalue weighted by atomic mass is 9.82. The van der Waals surface area contributed by atoms with Crippen LogP contribution in [0.15, 0.2) is 156 Å². The van der Waals surface area contributed by atoms with E-state index in [1.807, 2.05) is 0 Å². The lowest BCUT2D eigenvalue weighted by Gasteiger charge is -2.29. The summed E-state index contributed by atoms with van der Waals surface area (Å²) in [6, 6.07) is 56.0. The van der Waals surface area contributed by atoms with Crippen LogP contribution in [0.25, 0.3) is 65.7 Å². The molecule has 0 amide bonds. The molecular formula is C50H37NO. The van der Waals surface area contributed by atoms with Crippen LogP contribution in [0, 0.1) is 0 Å². The van der Waals surface area contributed by atoms with Gasteiger partial charge in [-0.05, 0) is 79.2 Å². The van der Waals surface area contributed by atoms with E-state index >= 15 is 0 Å². The Labute approximate surface area is 303 Å². The van der Waals surface area contributed by atoms with Gasteiger partial charge in [0.2, 0.25) is 0 Å². The predicted molar refractivity (Wildman–Crippen MR) is 219 cm³/mol. The topological polar surface area (TPSA) is 16.4 Å². The first-order valence-electron chi connectivity index (χ1n) is 18.4. The minimum Gasteiger partial charge on any atom is -0.453 e. The molecule has 0 saturated carbocycles. The van der Waals surface area contributed by atoms with E-state index < -0.39 is 0 Å². The van der Waals surface area contributed by atoms with Crippen molar-refractivity contribution in [1.82, 2.24) is 0 Å². The summed E-state index contributed by atoms with van der Waals surface area (Å²) in [5.41, 5.74) is 15.4. The molecule has 0 N–H and O–H groups in total. The molecule has 2 heteroatoms. The molecule has 1 aromatic heterocycles. The van der Waals surface area contributed by atoms with Gasteiger partial charge in [-0.3, -0.25) is 0 Å². The third kappa shape index (κ3) is 3.79. The van der Waals surface area contributed by atoms with Gasteiger partial charge in [0.25, 0.3) is 0 Å². The summed E-state index contributed by atoms with van der Waals surface area (Å²) in [6.07, 6.45) is 0. The monoisotopic (exact) mass is 667 g/mol. The van der Waals surface area contributed by atoms with Crippen LogP contribution in [-0.4, -0.2) is 0 Å². The molecule has 8 aromatic carbocycles. The largest absolute Gasteiger partial charge is 0.453 e. The van der Waals surface area contributed by atoms with Gasteiger partial charge in [0.1, 0.15) is 5.58 Å². The Morgan fingerprint density at radius 3 is 1.75 bits per heavy atom. The van der Waals surface area contributed by atoms with E-state index in [-0.39, 0.29) is 10.8 Å². The fraction of sp³-hybridized carbons (Fsp3) is 0.120. The van der Waals surface area contributed by atoms with Crippen LogP contribution in [0.3, 0.4) is 0 Å². The van der Waals surface area contributed by atoms with Crippen LogP contribution in [0.5, 0.6) is 0 Å². The number of hydrogen-bond donors (Lipinski definition) is 0. The second kappa shape index (κ2) is 10.2. The first kappa shape index (κ1) is 29.6. The average Bonchev–Trinajstić information content (AvgIpc) is 3.76. The van der Waals surface area contributed by atoms with Gasteiger partial charge in [0, 0.05) is 38.4 Å². The molecule has 0 saturated heterocycles. The number of nitrogens with zero attached hydrogens (tertiary/aromatic N) is 1. The third-order valence-corrected chi connectivity index (χ3v) is 12.2. The van der Waals surface area contributed by atoms with Crippen molar-refractivity contribution >= 4 is 60.5 Å². The lowest BCUT2D eigenvalue weighted by Crippen LogP contribution is -2.16. The second-order valence-corrected chi connectivity index (χ2v) is 15.7. The van der Waals surface area contributed by atoms with Gasteiger partial charge in [-0.25, -0.2) is 0 Å². The number of benzene rings is 8. The van der Waals surface area contributed by atoms with Gasteiger partial charge < -0.3 is 9.32 Å². The molecule has 0 atom stereocenters. The van der Waals surface area contributed by atoms with E-state index in [0.717, 1.165) is 39.0 Å². The zero-order valence-corrected chi connectivity index (χ0v) is 29.8. The van der Waals surface area contributed by atoms with Crippen LogP contribution in [-0.2, 0) is 10.8 Å². The van der Waals surface area contributed by atoms with E-state index in [0.29, 0.717) is 0 Å². The van der Waals surface area contributed by atoms with Crippen LogP contribution < -0.4 is 4.90 Å². The van der Waals surface area contributed by atoms with E-state index in [9.17, 15) is 0 Å². The average molecular weight is 668 g/mol. The molecule has 0 unspecified atom stereocenters. The fourth-order valence-corrected chi connectivity index (χ4v) is 9.66. The number of anilines is 3. The summed E-state index contributed by atoms with van der Waals surface area (Å²) in [7, 11) is 0. The van der Waals surface area contributed by atoms with E-state index in [4.69, 9.17) is 4.42 Å². The summed E-state index contributed by atoms with van der Waals surface area (Å²) in [6.45, 7) is 9.37. The standard InChI is InChI=1S/C50H37NO/c1-49(2)39-18-9-7-15-36(39)45-41(49)20-12-21-43(45)51(32-26-25-31-24-23-30-13-5-6-14-33(30)38(31)29-32)44-22-11-17-34-35-27-28-42-46(48(35)52-47(34)44)37-16-8-10-19-40(37)50(42,3)4/h5-29H,1-4H3. The van der Waals surface area contributed by atoms with Gasteiger partial charge in [0.15, 0.2) is 5.58 Å². The highest BCUT2D eigenvalue weighted by molar-refractivity contribution is 6.16. The number of rotatable bonds is 3. The molecule has 0 spiro atoms. The third-order valence-electron chi connectivity index (χ3n) is 12.2. The summed E-state index contributed by atoms with van der Waals surface area (Å²) < 4.78 is 7.25. The Hall–Kier alpha value is -6.12. The molecule has 1 heterocycles. The van der Waals surface area contributed by atoms with Gasteiger partial charge in [-0.1, -0.05) is 155 Å². The van der Waals surface area contributed by atoms with Crippen molar-refractivity contribution in [3.05, 3.63) is 174 Å². The van der Waals surface area contributed by atoms with Crippen molar-refractivity contribution in [2.24, 2.45) is 0 Å². The number of hydrogen-bond acceptors (Lipinski definition) is 2. The molecule has 0 radical (unpaired) electrons. The van der Waals surface area contributed by atoms with E-state index in [2.05, 4.69) is 184 Å². The minimum atomic E-state index is -0.126. The van der Waals surface area contributed by atoms with Crippen LogP contribution in [0.4, 0.5) is 17.1 Å². The van der Waals surface area contributed by atoms with Crippen molar-refractivity contribution in [2.75, 3.05) is 4.90 Å². The van der Waals surface area contributed by atoms with Crippen LogP contribution in [0.1, 0.15) is 49.9 Å². The maximum Gasteiger partial charge on any atom is 0.159 e. The van der Waals surface area contributed by atoms with Crippen molar-refractivity contribution in [2.45, 2.75) is 38.5 Å². The zero-order valence-electron chi connectivity index (χ0n) is 29.8. The molecule has 9 aromatic rings. The Kier molecular flexibility index (Phi) is 5.83. The molecule has 11 rings (SSSR count). The van der Waals surface area contributed by atoms with Gasteiger partial charge in [-0.15, -0.1) is 0 Å². The molecule has 248 valence electrons. The van der Waals surface area contributed by atoms with Crippen molar-refractivity contribution < 1.29 is 4.42 Å². The Balaban J connectivity index is 1.24. The Bertz CT molecular complexity index is 2980. The van der Waals surface area contributed by atoms with Crippen molar-refractivity contribution in [3.63, 3.8) is 0 Å². The quantitative estimate of drug-likeness (QED) is 0.174. The summed E-state index contributed by atoms with van der Waals surface area (Å²) in [5.74, 6) is 0. The fourth-order valence-electron chi connectivity index (χ4n) is 9.66. The lowest BCUT2D eigenvalue weighted by molar-refractivity contribution is 0.653. The maximum absolute atomic E-state index is 7.25. The van der Waals surface area contributed by atoms with Gasteiger partial charge in [-0.2, -0.15) is 0 Å². The molecule has 52 heavy (non-hydrogen) atoms. The van der Waals surface area contributed by atoms with Crippen LogP contribution >= 0.6 is 0 Å². The van der Waals surface area contributed by atoms with Crippen molar-refractivity contribution in [3.8, 4) is 22.3 Å². The highest BCUT2D eigenvalue weighted by Crippen LogP contribution is 2.56. The highest BCUT2D eigenvalue weighted by Gasteiger charge is 2.39. The zero-order chi connectivity index (χ0) is 34.9. The first-order chi connectivity index (χ1) is 25.3. The highest BCUT2D eigenvalue weighted by atomic mass is 16.3. The molecule has 0 aliphatic heterocycles. The smallest absolute Gasteiger partial charge is 0.159 e. The summed E-state index contributed by atoms with van der Waals surface area (Å²) in [4.78, 5) is 2.46. The Morgan fingerprint density at radius 1 is 0.404 bits per heavy atom. The van der Waals surface area contributed by atoms with E-state index in [1.165, 1.54) is 66.1 Å². The first-order valence-corrected chi connectivity index (χ1v) is 18.4. The summed E-state index contributed by atoms with van der Waals surface area (Å²) in [5, 5.41) is 7.24. The molecule has 0 fully saturated rings. The molecule has 2 aliphatic carbocycles. The normalized spacial score (nSPS) is 14.8. The Morgan fingerprint density at radius 2 is 0.962 bits per heavy atom. The maximum atomic E-state index is 7.25. The minimum absolute atomic E-state index is 0.105. The second-order valence-electron chi connectivity index (χ2n) is 15.7. The SMILES string of the molecule is CC1(C)c2ccccc2-c2c(N(c3ccc4ccc5ccccc5c4c3)c3cccc4c3oc3c5c(ccc34)C(C)(C)c3ccccc3-5)cccc21. The molecule has 2 aliphatic rings. The molecule has 2 nitrogen and oxygen atoms in total. The predicted octanol–water partition coefficient (Wildman–Crippen LogP) is 14.0.